The van der Waals surface area contributed by atoms with Gasteiger partial charge in [0.1, 0.15) is 17.5 Å². The number of hydrogen-bond acceptors (Lipinski definition) is 5. The smallest absolute Gasteiger partial charge is 0.269 e. The fourth-order valence-corrected chi connectivity index (χ4v) is 3.04. The summed E-state index contributed by atoms with van der Waals surface area (Å²) in [5.74, 6) is 0.533. The van der Waals surface area contributed by atoms with Crippen molar-refractivity contribution in [3.05, 3.63) is 45.8 Å². The summed E-state index contributed by atoms with van der Waals surface area (Å²) in [6.07, 6.45) is 7.17. The topological polar surface area (TPSA) is 101 Å². The molecule has 0 spiro atoms. The number of hydrogen-bond donors (Lipinski definition) is 0. The van der Waals surface area contributed by atoms with Crippen molar-refractivity contribution in [1.82, 2.24) is 15.1 Å². The molecule has 0 radical (unpaired) electrons. The first-order valence-electron chi connectivity index (χ1n) is 8.03. The van der Waals surface area contributed by atoms with Crippen LogP contribution in [0.3, 0.4) is 0 Å². The Balaban J connectivity index is 1.82. The van der Waals surface area contributed by atoms with E-state index in [-0.39, 0.29) is 11.4 Å². The van der Waals surface area contributed by atoms with E-state index >= 15 is 0 Å². The molecule has 0 amide bonds. The van der Waals surface area contributed by atoms with Crippen molar-refractivity contribution in [3.8, 4) is 0 Å². The van der Waals surface area contributed by atoms with Gasteiger partial charge in [0.15, 0.2) is 5.21 Å². The van der Waals surface area contributed by atoms with Crippen LogP contribution in [0.15, 0.2) is 24.3 Å². The predicted molar refractivity (Wildman–Crippen MR) is 84.3 cm³/mol. The quantitative estimate of drug-likeness (QED) is 0.367. The fourth-order valence-electron chi connectivity index (χ4n) is 3.04. The van der Waals surface area contributed by atoms with Gasteiger partial charge in [-0.3, -0.25) is 10.1 Å². The van der Waals surface area contributed by atoms with Crippen LogP contribution in [-0.4, -0.2) is 20.0 Å². The summed E-state index contributed by atoms with van der Waals surface area (Å²) >= 11 is 0. The van der Waals surface area contributed by atoms with Gasteiger partial charge in [-0.15, -0.1) is 4.68 Å². The Bertz CT molecular complexity index is 761. The first-order chi connectivity index (χ1) is 11.6. The summed E-state index contributed by atoms with van der Waals surface area (Å²) in [6.45, 7) is 1.88. The standard InChI is InChI=1S/C16H19N5O3/c1-12-19(17-18-20(12)14-5-3-2-4-6-14)11-16(22)13-7-9-15(10-8-13)21(23)24/h7-11,14H,2-6H2,1H3/b16-11-. The van der Waals surface area contributed by atoms with Gasteiger partial charge >= 0.3 is 0 Å². The van der Waals surface area contributed by atoms with Gasteiger partial charge in [0.25, 0.3) is 11.5 Å². The van der Waals surface area contributed by atoms with Crippen molar-refractivity contribution in [3.63, 3.8) is 0 Å². The highest BCUT2D eigenvalue weighted by Gasteiger charge is 2.25. The maximum atomic E-state index is 12.3. The number of nitro groups is 1. The summed E-state index contributed by atoms with van der Waals surface area (Å²) in [4.78, 5) is 10.2. The minimum absolute atomic E-state index is 0.0429. The lowest BCUT2D eigenvalue weighted by molar-refractivity contribution is -0.785. The van der Waals surface area contributed by atoms with E-state index in [1.165, 1.54) is 54.4 Å². The van der Waals surface area contributed by atoms with E-state index in [0.29, 0.717) is 11.6 Å². The molecule has 1 fully saturated rings. The summed E-state index contributed by atoms with van der Waals surface area (Å²) < 4.78 is 3.36. The number of nitro benzene ring substituents is 1. The monoisotopic (exact) mass is 329 g/mol. The molecule has 8 nitrogen and oxygen atoms in total. The van der Waals surface area contributed by atoms with Crippen LogP contribution in [0.5, 0.6) is 0 Å². The minimum Gasteiger partial charge on any atom is -0.870 e. The van der Waals surface area contributed by atoms with Crippen molar-refractivity contribution >= 4 is 17.6 Å². The molecule has 0 bridgehead atoms. The van der Waals surface area contributed by atoms with Gasteiger partial charge in [0, 0.05) is 19.1 Å². The molecule has 8 heteroatoms. The third-order valence-electron chi connectivity index (χ3n) is 4.42. The van der Waals surface area contributed by atoms with Gasteiger partial charge in [-0.05, 0) is 43.4 Å². The van der Waals surface area contributed by atoms with Gasteiger partial charge < -0.3 is 5.11 Å². The van der Waals surface area contributed by atoms with Crippen LogP contribution in [0.4, 0.5) is 5.69 Å². The molecule has 24 heavy (non-hydrogen) atoms. The van der Waals surface area contributed by atoms with E-state index < -0.39 is 4.92 Å². The number of benzene rings is 1. The second-order valence-corrected chi connectivity index (χ2v) is 6.00. The highest BCUT2D eigenvalue weighted by atomic mass is 16.6. The summed E-state index contributed by atoms with van der Waals surface area (Å²) in [6, 6.07) is 5.86. The Morgan fingerprint density at radius 2 is 1.96 bits per heavy atom. The third kappa shape index (κ3) is 3.27. The van der Waals surface area contributed by atoms with Gasteiger partial charge in [-0.25, -0.2) is 0 Å². The first kappa shape index (κ1) is 16.1. The van der Waals surface area contributed by atoms with Gasteiger partial charge in [-0.1, -0.05) is 16.9 Å². The fraction of sp³-hybridized carbons (Fsp3) is 0.438. The van der Waals surface area contributed by atoms with Crippen molar-refractivity contribution in [2.75, 3.05) is 0 Å². The minimum atomic E-state index is -0.493. The molecule has 1 aliphatic rings. The predicted octanol–water partition coefficient (Wildman–Crippen LogP) is 1.60. The average Bonchev–Trinajstić information content (AvgIpc) is 2.96. The molecular weight excluding hydrogens is 310 g/mol. The van der Waals surface area contributed by atoms with Crippen LogP contribution in [0.2, 0.25) is 0 Å². The number of aromatic nitrogens is 4. The molecule has 126 valence electrons. The van der Waals surface area contributed by atoms with Crippen LogP contribution in [0.25, 0.3) is 12.0 Å². The average molecular weight is 329 g/mol. The van der Waals surface area contributed by atoms with Gasteiger partial charge in [0.05, 0.1) is 4.92 Å². The van der Waals surface area contributed by atoms with E-state index in [4.69, 9.17) is 0 Å². The molecule has 1 heterocycles. The van der Waals surface area contributed by atoms with Crippen LogP contribution < -0.4 is 9.79 Å². The molecule has 3 rings (SSSR count). The molecule has 1 aliphatic carbocycles. The van der Waals surface area contributed by atoms with Crippen LogP contribution in [0.1, 0.15) is 49.5 Å². The lowest BCUT2D eigenvalue weighted by Gasteiger charge is -2.18. The molecule has 1 aromatic heterocycles. The Kier molecular flexibility index (Phi) is 4.54. The van der Waals surface area contributed by atoms with Gasteiger partial charge in [-0.2, -0.15) is 0 Å². The highest BCUT2D eigenvalue weighted by Crippen LogP contribution is 2.23. The zero-order chi connectivity index (χ0) is 17.1. The highest BCUT2D eigenvalue weighted by molar-refractivity contribution is 5.68. The largest absolute Gasteiger partial charge is 0.870 e. The molecule has 0 atom stereocenters. The molecule has 0 N–H and O–H groups in total. The summed E-state index contributed by atoms with van der Waals surface area (Å²) in [5, 5.41) is 31.2. The van der Waals surface area contributed by atoms with Gasteiger partial charge in [0.2, 0.25) is 0 Å². The molecule has 1 aromatic carbocycles. The Morgan fingerprint density at radius 1 is 1.29 bits per heavy atom. The van der Waals surface area contributed by atoms with E-state index in [1.54, 1.807) is 0 Å². The van der Waals surface area contributed by atoms with E-state index in [2.05, 4.69) is 10.4 Å². The number of non-ortho nitro benzene ring substituents is 1. The molecule has 0 saturated heterocycles. The number of tetrazole rings is 1. The molecule has 2 aromatic rings. The molecule has 1 saturated carbocycles. The first-order valence-corrected chi connectivity index (χ1v) is 8.03. The SMILES string of the molecule is Cc1n(/C=C(\[O-])c2ccc([N+](=O)[O-])cc2)nn[n+]1C1CCCCC1. The van der Waals surface area contributed by atoms with Crippen molar-refractivity contribution in [1.29, 1.82) is 0 Å². The number of rotatable bonds is 4. The summed E-state index contributed by atoms with van der Waals surface area (Å²) in [5.41, 5.74) is 0.332. The van der Waals surface area contributed by atoms with Crippen LogP contribution >= 0.6 is 0 Å². The Hall–Kier alpha value is -2.77. The Morgan fingerprint density at radius 3 is 2.58 bits per heavy atom. The normalized spacial score (nSPS) is 16.3. The lowest BCUT2D eigenvalue weighted by Crippen LogP contribution is -2.45. The van der Waals surface area contributed by atoms with E-state index in [1.807, 2.05) is 11.6 Å². The lowest BCUT2D eigenvalue weighted by atomic mass is 9.96. The van der Waals surface area contributed by atoms with Crippen molar-refractivity contribution < 1.29 is 14.7 Å². The van der Waals surface area contributed by atoms with E-state index in [9.17, 15) is 15.2 Å². The molecular formula is C16H19N5O3. The maximum Gasteiger partial charge on any atom is 0.269 e. The van der Waals surface area contributed by atoms with Crippen molar-refractivity contribution in [2.45, 2.75) is 45.1 Å². The Labute approximate surface area is 139 Å². The molecule has 0 aliphatic heterocycles. The third-order valence-corrected chi connectivity index (χ3v) is 4.42. The molecule has 0 unspecified atom stereocenters. The van der Waals surface area contributed by atoms with Crippen LogP contribution in [-0.2, 0) is 0 Å². The zero-order valence-corrected chi connectivity index (χ0v) is 13.5. The second-order valence-electron chi connectivity index (χ2n) is 6.00. The summed E-state index contributed by atoms with van der Waals surface area (Å²) in [7, 11) is 0. The number of nitrogens with zero attached hydrogens (tertiary/aromatic N) is 5. The van der Waals surface area contributed by atoms with Crippen LogP contribution in [0, 0.1) is 17.0 Å². The van der Waals surface area contributed by atoms with Crippen molar-refractivity contribution in [2.24, 2.45) is 0 Å². The maximum absolute atomic E-state index is 12.3. The zero-order valence-electron chi connectivity index (χ0n) is 13.5. The second kappa shape index (κ2) is 6.77. The van der Waals surface area contributed by atoms with E-state index in [0.717, 1.165) is 18.7 Å².